The fourth-order valence-electron chi connectivity index (χ4n) is 2.82. The molecule has 29 heavy (non-hydrogen) atoms. The van der Waals surface area contributed by atoms with E-state index in [4.69, 9.17) is 16.3 Å². The molecule has 0 heterocycles. The predicted molar refractivity (Wildman–Crippen MR) is 107 cm³/mol. The Balaban J connectivity index is 2.16. The molecular weight excluding hydrogens is 399 g/mol. The van der Waals surface area contributed by atoms with Crippen LogP contribution in [0.1, 0.15) is 18.1 Å². The number of hydrogen-bond donors (Lipinski definition) is 2. The average molecular weight is 421 g/mol. The van der Waals surface area contributed by atoms with E-state index in [1.165, 1.54) is 38.3 Å². The Morgan fingerprint density at radius 2 is 1.66 bits per heavy atom. The van der Waals surface area contributed by atoms with Gasteiger partial charge in [-0.25, -0.2) is 9.18 Å². The van der Waals surface area contributed by atoms with Crippen molar-refractivity contribution in [2.75, 3.05) is 7.11 Å². The number of ether oxygens (including phenoxy) is 1. The number of methoxy groups -OCH3 is 1. The summed E-state index contributed by atoms with van der Waals surface area (Å²) in [6.45, 7) is 1.29. The zero-order valence-electron chi connectivity index (χ0n) is 16.1. The third kappa shape index (κ3) is 7.19. The first-order valence-corrected chi connectivity index (χ1v) is 9.30. The van der Waals surface area contributed by atoms with Gasteiger partial charge in [-0.3, -0.25) is 9.59 Å². The van der Waals surface area contributed by atoms with Crippen LogP contribution in [0.2, 0.25) is 5.02 Å². The first-order chi connectivity index (χ1) is 13.8. The van der Waals surface area contributed by atoms with E-state index in [0.717, 1.165) is 5.56 Å². The van der Waals surface area contributed by atoms with Gasteiger partial charge in [-0.2, -0.15) is 0 Å². The number of esters is 1. The molecule has 2 rings (SSSR count). The second kappa shape index (κ2) is 10.6. The fraction of sp³-hybridized carbons (Fsp3) is 0.286. The third-order valence-corrected chi connectivity index (χ3v) is 4.41. The largest absolute Gasteiger partial charge is 0.467 e. The van der Waals surface area contributed by atoms with Gasteiger partial charge < -0.3 is 15.4 Å². The van der Waals surface area contributed by atoms with E-state index in [9.17, 15) is 18.8 Å². The summed E-state index contributed by atoms with van der Waals surface area (Å²) in [4.78, 5) is 36.5. The number of carbonyl (C=O) groups excluding carboxylic acids is 3. The molecule has 0 spiro atoms. The molecule has 0 saturated heterocycles. The fourth-order valence-corrected chi connectivity index (χ4v) is 3.03. The van der Waals surface area contributed by atoms with Gasteiger partial charge in [0.2, 0.25) is 11.8 Å². The van der Waals surface area contributed by atoms with Crippen molar-refractivity contribution in [3.8, 4) is 0 Å². The highest BCUT2D eigenvalue weighted by molar-refractivity contribution is 6.30. The summed E-state index contributed by atoms with van der Waals surface area (Å²) >= 11 is 5.98. The predicted octanol–water partition coefficient (Wildman–Crippen LogP) is 2.43. The summed E-state index contributed by atoms with van der Waals surface area (Å²) < 4.78 is 17.9. The third-order valence-electron chi connectivity index (χ3n) is 4.18. The van der Waals surface area contributed by atoms with Crippen molar-refractivity contribution >= 4 is 29.4 Å². The highest BCUT2D eigenvalue weighted by Crippen LogP contribution is 2.13. The number of amides is 2. The molecule has 0 radical (unpaired) electrons. The van der Waals surface area contributed by atoms with E-state index in [2.05, 4.69) is 10.6 Å². The molecule has 6 nitrogen and oxygen atoms in total. The Hall–Kier alpha value is -2.93. The van der Waals surface area contributed by atoms with Crippen LogP contribution in [0.3, 0.4) is 0 Å². The average Bonchev–Trinajstić information content (AvgIpc) is 2.67. The molecule has 2 atom stereocenters. The first kappa shape index (κ1) is 22.4. The molecule has 0 saturated carbocycles. The number of nitrogens with one attached hydrogen (secondary N) is 2. The summed E-state index contributed by atoms with van der Waals surface area (Å²) in [6.07, 6.45) is 0.305. The Morgan fingerprint density at radius 3 is 2.24 bits per heavy atom. The van der Waals surface area contributed by atoms with Crippen LogP contribution in [-0.2, 0) is 32.0 Å². The monoisotopic (exact) mass is 420 g/mol. The van der Waals surface area contributed by atoms with Crippen LogP contribution < -0.4 is 10.6 Å². The van der Waals surface area contributed by atoms with Gasteiger partial charge in [-0.05, 0) is 35.4 Å². The number of halogens is 2. The van der Waals surface area contributed by atoms with E-state index in [1.807, 2.05) is 0 Å². The van der Waals surface area contributed by atoms with Crippen molar-refractivity contribution in [2.24, 2.45) is 0 Å². The molecule has 2 aromatic rings. The van der Waals surface area contributed by atoms with E-state index < -0.39 is 35.7 Å². The number of carbonyl (C=O) groups is 3. The topological polar surface area (TPSA) is 84.5 Å². The van der Waals surface area contributed by atoms with Crippen molar-refractivity contribution in [2.45, 2.75) is 31.8 Å². The van der Waals surface area contributed by atoms with Gasteiger partial charge >= 0.3 is 5.97 Å². The second-order valence-corrected chi connectivity index (χ2v) is 6.94. The Labute approximate surface area is 173 Å². The van der Waals surface area contributed by atoms with E-state index in [-0.39, 0.29) is 12.8 Å². The number of rotatable bonds is 8. The Kier molecular flexibility index (Phi) is 8.15. The van der Waals surface area contributed by atoms with E-state index >= 15 is 0 Å². The zero-order chi connectivity index (χ0) is 21.4. The molecule has 0 aliphatic rings. The van der Waals surface area contributed by atoms with Gasteiger partial charge in [0.15, 0.2) is 0 Å². The lowest BCUT2D eigenvalue weighted by molar-refractivity contribution is -0.145. The number of benzene rings is 2. The lowest BCUT2D eigenvalue weighted by Crippen LogP contribution is -2.53. The normalized spacial score (nSPS) is 12.6. The van der Waals surface area contributed by atoms with Gasteiger partial charge in [0.25, 0.3) is 0 Å². The van der Waals surface area contributed by atoms with Crippen LogP contribution in [0.15, 0.2) is 48.5 Å². The Morgan fingerprint density at radius 1 is 1.00 bits per heavy atom. The van der Waals surface area contributed by atoms with Crippen molar-refractivity contribution < 1.29 is 23.5 Å². The van der Waals surface area contributed by atoms with Crippen molar-refractivity contribution in [1.82, 2.24) is 10.6 Å². The molecular formula is C21H22ClFN2O4. The van der Waals surface area contributed by atoms with Crippen molar-refractivity contribution in [3.63, 3.8) is 0 Å². The van der Waals surface area contributed by atoms with Crippen LogP contribution in [0.25, 0.3) is 0 Å². The molecule has 2 amide bonds. The van der Waals surface area contributed by atoms with Gasteiger partial charge in [0.05, 0.1) is 7.11 Å². The Bertz CT molecular complexity index is 873. The minimum absolute atomic E-state index is 0.136. The maximum Gasteiger partial charge on any atom is 0.328 e. The molecule has 0 aliphatic carbocycles. The molecule has 0 bridgehead atoms. The molecule has 8 heteroatoms. The molecule has 0 fully saturated rings. The van der Waals surface area contributed by atoms with Crippen LogP contribution in [0.4, 0.5) is 4.39 Å². The molecule has 0 unspecified atom stereocenters. The standard InChI is InChI=1S/C21H22ClFN2O4/c1-13(26)24-18(11-14-6-8-17(23)9-7-14)20(27)25-19(21(28)29-2)12-15-4-3-5-16(22)10-15/h3-10,18-19H,11-12H2,1-2H3,(H,24,26)(H,25,27)/t18-,19-/m0/s1. The van der Waals surface area contributed by atoms with Crippen LogP contribution >= 0.6 is 11.6 Å². The summed E-state index contributed by atoms with van der Waals surface area (Å²) in [7, 11) is 1.23. The first-order valence-electron chi connectivity index (χ1n) is 8.92. The quantitative estimate of drug-likeness (QED) is 0.642. The lowest BCUT2D eigenvalue weighted by atomic mass is 10.0. The lowest BCUT2D eigenvalue weighted by Gasteiger charge is -2.22. The van der Waals surface area contributed by atoms with E-state index in [0.29, 0.717) is 10.6 Å². The second-order valence-electron chi connectivity index (χ2n) is 6.50. The molecule has 0 aromatic heterocycles. The summed E-state index contributed by atoms with van der Waals surface area (Å²) in [5, 5.41) is 5.69. The minimum atomic E-state index is -0.963. The van der Waals surface area contributed by atoms with Crippen LogP contribution in [0, 0.1) is 5.82 Å². The van der Waals surface area contributed by atoms with E-state index in [1.54, 1.807) is 24.3 Å². The maximum absolute atomic E-state index is 13.1. The summed E-state index contributed by atoms with van der Waals surface area (Å²) in [5.74, 6) is -1.98. The van der Waals surface area contributed by atoms with Crippen LogP contribution in [-0.4, -0.2) is 37.0 Å². The van der Waals surface area contributed by atoms with Gasteiger partial charge in [-0.1, -0.05) is 35.9 Å². The molecule has 2 aromatic carbocycles. The van der Waals surface area contributed by atoms with Gasteiger partial charge in [0, 0.05) is 24.8 Å². The highest BCUT2D eigenvalue weighted by Gasteiger charge is 2.27. The zero-order valence-corrected chi connectivity index (χ0v) is 16.8. The van der Waals surface area contributed by atoms with Gasteiger partial charge in [0.1, 0.15) is 17.9 Å². The maximum atomic E-state index is 13.1. The van der Waals surface area contributed by atoms with Gasteiger partial charge in [-0.15, -0.1) is 0 Å². The van der Waals surface area contributed by atoms with Crippen molar-refractivity contribution in [1.29, 1.82) is 0 Å². The molecule has 0 aliphatic heterocycles. The number of hydrogen-bond acceptors (Lipinski definition) is 4. The highest BCUT2D eigenvalue weighted by atomic mass is 35.5. The smallest absolute Gasteiger partial charge is 0.328 e. The molecule has 154 valence electrons. The summed E-state index contributed by atoms with van der Waals surface area (Å²) in [6, 6.07) is 10.6. The SMILES string of the molecule is COC(=O)[C@H](Cc1cccc(Cl)c1)NC(=O)[C@H](Cc1ccc(F)cc1)NC(C)=O. The summed E-state index contributed by atoms with van der Waals surface area (Å²) in [5.41, 5.74) is 1.40. The minimum Gasteiger partial charge on any atom is -0.467 e. The van der Waals surface area contributed by atoms with Crippen LogP contribution in [0.5, 0.6) is 0 Å². The van der Waals surface area contributed by atoms with Crippen molar-refractivity contribution in [3.05, 3.63) is 70.5 Å². The molecule has 2 N–H and O–H groups in total.